The summed E-state index contributed by atoms with van der Waals surface area (Å²) in [5.74, 6) is 0. The molecule has 0 aromatic heterocycles. The van der Waals surface area contributed by atoms with E-state index in [0.717, 1.165) is 24.0 Å². The predicted octanol–water partition coefficient (Wildman–Crippen LogP) is 3.23. The monoisotopic (exact) mass is 134 g/mol. The minimum absolute atomic E-state index is 0.967. The van der Waals surface area contributed by atoms with Crippen LogP contribution in [-0.2, 0) is 0 Å². The van der Waals surface area contributed by atoms with Gasteiger partial charge in [0.15, 0.2) is 0 Å². The molecule has 0 heteroatoms. The van der Waals surface area contributed by atoms with Crippen molar-refractivity contribution in [2.45, 2.75) is 26.7 Å². The Morgan fingerprint density at radius 1 is 1.30 bits per heavy atom. The number of hydrogen-bond donors (Lipinski definition) is 0. The zero-order valence-corrected chi connectivity index (χ0v) is 6.83. The van der Waals surface area contributed by atoms with Crippen molar-refractivity contribution in [3.63, 3.8) is 0 Å². The second-order valence-electron chi connectivity index (χ2n) is 2.09. The molecular weight excluding hydrogens is 120 g/mol. The van der Waals surface area contributed by atoms with Gasteiger partial charge in [0.05, 0.1) is 0 Å². The summed E-state index contributed by atoms with van der Waals surface area (Å²) in [4.78, 5) is 0. The second-order valence-corrected chi connectivity index (χ2v) is 2.09. The lowest BCUT2D eigenvalue weighted by Gasteiger charge is -1.99. The van der Waals surface area contributed by atoms with Gasteiger partial charge in [-0.25, -0.2) is 0 Å². The van der Waals surface area contributed by atoms with Crippen molar-refractivity contribution in [2.24, 2.45) is 0 Å². The minimum atomic E-state index is 0.967. The van der Waals surface area contributed by atoms with Gasteiger partial charge in [0.1, 0.15) is 0 Å². The maximum atomic E-state index is 3.90. The largest absolute Gasteiger partial charge is 0.0949 e. The summed E-state index contributed by atoms with van der Waals surface area (Å²) >= 11 is 0. The van der Waals surface area contributed by atoms with Crippen molar-refractivity contribution in [3.05, 3.63) is 35.8 Å². The molecule has 0 nitrogen and oxygen atoms in total. The van der Waals surface area contributed by atoms with Gasteiger partial charge in [0.25, 0.3) is 0 Å². The van der Waals surface area contributed by atoms with Crippen molar-refractivity contribution >= 4 is 0 Å². The van der Waals surface area contributed by atoms with Crippen LogP contribution < -0.4 is 0 Å². The number of hydrogen-bond acceptors (Lipinski definition) is 0. The molecule has 0 aliphatic heterocycles. The average molecular weight is 134 g/mol. The van der Waals surface area contributed by atoms with Crippen molar-refractivity contribution in [3.8, 4) is 0 Å². The fourth-order valence-corrected chi connectivity index (χ4v) is 0.747. The zero-order chi connectivity index (χ0) is 7.98. The van der Waals surface area contributed by atoms with E-state index in [1.54, 1.807) is 0 Å². The van der Waals surface area contributed by atoms with E-state index in [1.807, 2.05) is 0 Å². The molecule has 0 saturated carbocycles. The summed E-state index contributed by atoms with van der Waals surface area (Å²) in [6.07, 6.45) is 1.95. The fourth-order valence-electron chi connectivity index (χ4n) is 0.747. The summed E-state index contributed by atoms with van der Waals surface area (Å²) in [5.41, 5.74) is 7.85. The van der Waals surface area contributed by atoms with Gasteiger partial charge in [-0.15, -0.1) is 0 Å². The maximum absolute atomic E-state index is 3.90. The molecule has 0 aromatic carbocycles. The van der Waals surface area contributed by atoms with Gasteiger partial charge in [-0.05, 0) is 25.0 Å². The molecule has 0 bridgehead atoms. The third-order valence-corrected chi connectivity index (χ3v) is 1.45. The van der Waals surface area contributed by atoms with E-state index in [4.69, 9.17) is 0 Å². The molecule has 0 aliphatic rings. The van der Waals surface area contributed by atoms with Gasteiger partial charge in [-0.1, -0.05) is 31.9 Å². The Kier molecular flexibility index (Phi) is 4.41. The molecule has 0 aliphatic carbocycles. The number of allylic oxidation sites excluding steroid dienone is 2. The summed E-state index contributed by atoms with van der Waals surface area (Å²) in [5, 5.41) is 0. The fraction of sp³-hybridized carbons (Fsp3) is 0.400. The molecule has 0 heterocycles. The molecule has 0 N–H and O–H groups in total. The lowest BCUT2D eigenvalue weighted by atomic mass is 10.0. The van der Waals surface area contributed by atoms with Crippen LogP contribution in [0, 0.1) is 0 Å². The van der Waals surface area contributed by atoms with Crippen LogP contribution in [0.25, 0.3) is 0 Å². The molecule has 0 rings (SSSR count). The SMILES string of the molecule is C=C=C=C(CC)C(=C)CC. The predicted molar refractivity (Wildman–Crippen MR) is 45.9 cm³/mol. The van der Waals surface area contributed by atoms with E-state index in [0.29, 0.717) is 0 Å². The first-order valence-electron chi connectivity index (χ1n) is 3.58. The van der Waals surface area contributed by atoms with E-state index in [-0.39, 0.29) is 0 Å². The van der Waals surface area contributed by atoms with Crippen LogP contribution in [0.15, 0.2) is 35.8 Å². The smallest absolute Gasteiger partial charge is 0.00468 e. The second kappa shape index (κ2) is 4.88. The molecule has 0 spiro atoms. The van der Waals surface area contributed by atoms with Crippen molar-refractivity contribution in [2.75, 3.05) is 0 Å². The molecule has 0 amide bonds. The quantitative estimate of drug-likeness (QED) is 0.410. The van der Waals surface area contributed by atoms with Crippen LogP contribution in [0.3, 0.4) is 0 Å². The first kappa shape index (κ1) is 9.04. The molecule has 0 saturated heterocycles. The zero-order valence-electron chi connectivity index (χ0n) is 6.83. The Labute approximate surface area is 63.3 Å². The molecule has 54 valence electrons. The van der Waals surface area contributed by atoms with Gasteiger partial charge < -0.3 is 0 Å². The first-order chi connectivity index (χ1) is 4.76. The van der Waals surface area contributed by atoms with Crippen LogP contribution in [0.2, 0.25) is 0 Å². The first-order valence-corrected chi connectivity index (χ1v) is 3.58. The molecular formula is C10H14. The highest BCUT2D eigenvalue weighted by atomic mass is 14.0. The lowest BCUT2D eigenvalue weighted by molar-refractivity contribution is 1.03. The van der Waals surface area contributed by atoms with Crippen molar-refractivity contribution in [1.29, 1.82) is 0 Å². The van der Waals surface area contributed by atoms with Crippen LogP contribution in [0.5, 0.6) is 0 Å². The topological polar surface area (TPSA) is 0 Å². The third kappa shape index (κ3) is 2.55. The highest BCUT2D eigenvalue weighted by Crippen LogP contribution is 2.12. The van der Waals surface area contributed by atoms with Gasteiger partial charge in [0.2, 0.25) is 0 Å². The van der Waals surface area contributed by atoms with Crippen LogP contribution in [0.1, 0.15) is 26.7 Å². The lowest BCUT2D eigenvalue weighted by Crippen LogP contribution is -1.81. The average Bonchev–Trinajstić information content (AvgIpc) is 1.99. The van der Waals surface area contributed by atoms with Crippen LogP contribution in [-0.4, -0.2) is 0 Å². The van der Waals surface area contributed by atoms with Gasteiger partial charge in [-0.3, -0.25) is 0 Å². The maximum Gasteiger partial charge on any atom is 0.00468 e. The Bertz CT molecular complexity index is 196. The van der Waals surface area contributed by atoms with Crippen molar-refractivity contribution < 1.29 is 0 Å². The molecule has 0 radical (unpaired) electrons. The van der Waals surface area contributed by atoms with Crippen LogP contribution >= 0.6 is 0 Å². The normalized spacial score (nSPS) is 7.80. The molecule has 0 fully saturated rings. The van der Waals surface area contributed by atoms with Gasteiger partial charge >= 0.3 is 0 Å². The summed E-state index contributed by atoms with van der Waals surface area (Å²) < 4.78 is 0. The summed E-state index contributed by atoms with van der Waals surface area (Å²) in [6, 6.07) is 0. The minimum Gasteiger partial charge on any atom is -0.0949 e. The van der Waals surface area contributed by atoms with E-state index < -0.39 is 0 Å². The summed E-state index contributed by atoms with van der Waals surface area (Å²) in [6.45, 7) is 11.5. The van der Waals surface area contributed by atoms with Crippen molar-refractivity contribution in [1.82, 2.24) is 0 Å². The van der Waals surface area contributed by atoms with Gasteiger partial charge in [0, 0.05) is 5.57 Å². The van der Waals surface area contributed by atoms with E-state index in [1.165, 1.54) is 0 Å². The van der Waals surface area contributed by atoms with Gasteiger partial charge in [-0.2, -0.15) is 0 Å². The highest BCUT2D eigenvalue weighted by Gasteiger charge is 1.94. The molecule has 0 atom stereocenters. The van der Waals surface area contributed by atoms with Crippen LogP contribution in [0.4, 0.5) is 0 Å². The number of rotatable bonds is 3. The Hall–Kier alpha value is -0.960. The molecule has 10 heavy (non-hydrogen) atoms. The molecule has 0 unspecified atom stereocenters. The highest BCUT2D eigenvalue weighted by molar-refractivity contribution is 5.26. The third-order valence-electron chi connectivity index (χ3n) is 1.45. The Morgan fingerprint density at radius 2 is 1.90 bits per heavy atom. The summed E-state index contributed by atoms with van der Waals surface area (Å²) in [7, 11) is 0. The van der Waals surface area contributed by atoms with E-state index in [9.17, 15) is 0 Å². The standard InChI is InChI=1S/C10H14/c1-5-8-10(7-3)9(4)6-2/h1,4,6-7H2,2-3H3. The Morgan fingerprint density at radius 3 is 2.20 bits per heavy atom. The van der Waals surface area contributed by atoms with E-state index >= 15 is 0 Å². The Balaban J connectivity index is 4.53. The molecule has 0 aromatic rings. The van der Waals surface area contributed by atoms with E-state index in [2.05, 4.69) is 38.5 Å².